The molecule has 0 bridgehead atoms. The van der Waals surface area contributed by atoms with Gasteiger partial charge >= 0.3 is 6.18 Å². The SMILES string of the molecule is CC(C)n1nc(-c2cnc(N)c(C(F)(F)F)c2)cc1[C@@H]1[C@@H]2CC(N3CCOC[C@H]3C)C[C@@H]21. The van der Waals surface area contributed by atoms with E-state index in [9.17, 15) is 13.2 Å². The second-order valence-electron chi connectivity index (χ2n) is 9.79. The quantitative estimate of drug-likeness (QED) is 0.752. The van der Waals surface area contributed by atoms with Gasteiger partial charge in [-0.1, -0.05) is 0 Å². The normalized spacial score (nSPS) is 30.7. The highest BCUT2D eigenvalue weighted by Gasteiger charge is 2.59. The summed E-state index contributed by atoms with van der Waals surface area (Å²) in [6.45, 7) is 8.94. The van der Waals surface area contributed by atoms with Gasteiger partial charge in [-0.15, -0.1) is 0 Å². The number of hydrogen-bond donors (Lipinski definition) is 1. The lowest BCUT2D eigenvalue weighted by Crippen LogP contribution is -2.49. The van der Waals surface area contributed by atoms with Crippen LogP contribution in [0.3, 0.4) is 0 Å². The van der Waals surface area contributed by atoms with Crippen LogP contribution in [0.2, 0.25) is 0 Å². The van der Waals surface area contributed by atoms with Crippen LogP contribution in [-0.2, 0) is 10.9 Å². The first-order valence-corrected chi connectivity index (χ1v) is 11.4. The molecule has 5 rings (SSSR count). The number of nitrogens with two attached hydrogens (primary N) is 1. The van der Waals surface area contributed by atoms with Crippen LogP contribution < -0.4 is 5.73 Å². The molecule has 1 unspecified atom stereocenters. The van der Waals surface area contributed by atoms with Gasteiger partial charge in [0.2, 0.25) is 0 Å². The van der Waals surface area contributed by atoms with E-state index in [1.807, 2.05) is 10.7 Å². The predicted octanol–water partition coefficient (Wildman–Crippen LogP) is 4.34. The number of pyridine rings is 1. The van der Waals surface area contributed by atoms with Crippen LogP contribution in [0.4, 0.5) is 19.0 Å². The minimum absolute atomic E-state index is 0.124. The Balaban J connectivity index is 1.38. The zero-order valence-corrected chi connectivity index (χ0v) is 18.6. The van der Waals surface area contributed by atoms with Crippen LogP contribution in [0, 0.1) is 11.8 Å². The molecule has 3 fully saturated rings. The fourth-order valence-corrected chi connectivity index (χ4v) is 5.86. The van der Waals surface area contributed by atoms with E-state index in [-0.39, 0.29) is 6.04 Å². The second kappa shape index (κ2) is 7.73. The third-order valence-corrected chi connectivity index (χ3v) is 7.42. The van der Waals surface area contributed by atoms with Crippen LogP contribution in [-0.4, -0.2) is 51.5 Å². The van der Waals surface area contributed by atoms with E-state index in [4.69, 9.17) is 10.5 Å². The van der Waals surface area contributed by atoms with Crippen molar-refractivity contribution in [1.82, 2.24) is 19.7 Å². The Hall–Kier alpha value is -2.13. The Labute approximate surface area is 185 Å². The first kappa shape index (κ1) is 21.7. The number of rotatable bonds is 4. The molecule has 0 aromatic carbocycles. The Morgan fingerprint density at radius 2 is 1.91 bits per heavy atom. The number of nitrogens with zero attached hydrogens (tertiary/aromatic N) is 4. The topological polar surface area (TPSA) is 69.2 Å². The standard InChI is InChI=1S/C23H30F3N5O/c1-12(2)31-20(9-19(29-31)14-6-18(23(24,25)26)22(27)28-10-14)21-16-7-15(8-17(16)21)30-4-5-32-11-13(30)3/h6,9-10,12-13,15-17,21H,4-5,7-8,11H2,1-3H3,(H2,27,28)/t13-,15?,16-,17+,21-/m1/s1. The van der Waals surface area contributed by atoms with Crippen molar-refractivity contribution in [1.29, 1.82) is 0 Å². The number of hydrogen-bond acceptors (Lipinski definition) is 5. The molecule has 1 aliphatic heterocycles. The summed E-state index contributed by atoms with van der Waals surface area (Å²) in [4.78, 5) is 6.38. The van der Waals surface area contributed by atoms with Gasteiger partial charge in [0.1, 0.15) is 5.82 Å². The van der Waals surface area contributed by atoms with Gasteiger partial charge < -0.3 is 10.5 Å². The van der Waals surface area contributed by atoms with E-state index in [2.05, 4.69) is 35.8 Å². The van der Waals surface area contributed by atoms with Gasteiger partial charge in [0, 0.05) is 48.0 Å². The molecule has 1 saturated heterocycles. The van der Waals surface area contributed by atoms with Gasteiger partial charge in [0.15, 0.2) is 0 Å². The molecule has 5 atom stereocenters. The summed E-state index contributed by atoms with van der Waals surface area (Å²) in [6.07, 6.45) is -0.833. The molecule has 6 nitrogen and oxygen atoms in total. The molecule has 3 heterocycles. The van der Waals surface area contributed by atoms with Crippen molar-refractivity contribution in [2.75, 3.05) is 25.5 Å². The lowest BCUT2D eigenvalue weighted by Gasteiger charge is -2.38. The number of fused-ring (bicyclic) bond motifs is 1. The fraction of sp³-hybridized carbons (Fsp3) is 0.652. The average molecular weight is 450 g/mol. The highest BCUT2D eigenvalue weighted by atomic mass is 19.4. The monoisotopic (exact) mass is 449 g/mol. The van der Waals surface area contributed by atoms with E-state index < -0.39 is 17.6 Å². The van der Waals surface area contributed by atoms with E-state index >= 15 is 0 Å². The first-order chi connectivity index (χ1) is 15.1. The maximum Gasteiger partial charge on any atom is 0.419 e. The van der Waals surface area contributed by atoms with E-state index in [1.165, 1.54) is 19.0 Å². The predicted molar refractivity (Wildman–Crippen MR) is 115 cm³/mol. The molecule has 2 aromatic rings. The summed E-state index contributed by atoms with van der Waals surface area (Å²) < 4.78 is 47.5. The van der Waals surface area contributed by atoms with Crippen LogP contribution in [0.25, 0.3) is 11.3 Å². The third-order valence-electron chi connectivity index (χ3n) is 7.42. The molecule has 2 aromatic heterocycles. The number of nitrogen functional groups attached to an aromatic ring is 1. The second-order valence-corrected chi connectivity index (χ2v) is 9.79. The average Bonchev–Trinajstić information content (AvgIpc) is 3.07. The Bertz CT molecular complexity index is 992. The van der Waals surface area contributed by atoms with E-state index in [1.54, 1.807) is 0 Å². The number of alkyl halides is 3. The molecule has 32 heavy (non-hydrogen) atoms. The van der Waals surface area contributed by atoms with Gasteiger partial charge in [0.05, 0.1) is 24.5 Å². The van der Waals surface area contributed by atoms with Crippen molar-refractivity contribution in [3.63, 3.8) is 0 Å². The molecule has 3 aliphatic rings. The maximum atomic E-state index is 13.3. The van der Waals surface area contributed by atoms with Crippen molar-refractivity contribution in [3.05, 3.63) is 29.6 Å². The van der Waals surface area contributed by atoms with Crippen molar-refractivity contribution < 1.29 is 17.9 Å². The minimum Gasteiger partial charge on any atom is -0.383 e. The van der Waals surface area contributed by atoms with Gasteiger partial charge in [0.25, 0.3) is 0 Å². The number of morpholine rings is 1. The molecule has 2 N–H and O–H groups in total. The molecular weight excluding hydrogens is 419 g/mol. The van der Waals surface area contributed by atoms with E-state index in [0.29, 0.717) is 41.1 Å². The smallest absolute Gasteiger partial charge is 0.383 e. The Kier molecular flexibility index (Phi) is 5.24. The van der Waals surface area contributed by atoms with Gasteiger partial charge in [-0.25, -0.2) is 4.98 Å². The highest BCUT2D eigenvalue weighted by Crippen LogP contribution is 2.64. The molecule has 0 radical (unpaired) electrons. The lowest BCUT2D eigenvalue weighted by molar-refractivity contribution is -0.137. The van der Waals surface area contributed by atoms with Gasteiger partial charge in [-0.2, -0.15) is 18.3 Å². The van der Waals surface area contributed by atoms with E-state index in [0.717, 1.165) is 31.5 Å². The summed E-state index contributed by atoms with van der Waals surface area (Å²) in [5.74, 6) is 1.15. The van der Waals surface area contributed by atoms with Crippen molar-refractivity contribution >= 4 is 5.82 Å². The highest BCUT2D eigenvalue weighted by molar-refractivity contribution is 5.63. The number of halogens is 3. The van der Waals surface area contributed by atoms with Crippen molar-refractivity contribution in [3.8, 4) is 11.3 Å². The first-order valence-electron chi connectivity index (χ1n) is 11.4. The Morgan fingerprint density at radius 3 is 2.53 bits per heavy atom. The van der Waals surface area contributed by atoms with Crippen molar-refractivity contribution in [2.24, 2.45) is 11.8 Å². The summed E-state index contributed by atoms with van der Waals surface area (Å²) >= 11 is 0. The Morgan fingerprint density at radius 1 is 1.19 bits per heavy atom. The maximum absolute atomic E-state index is 13.3. The van der Waals surface area contributed by atoms with Crippen molar-refractivity contribution in [2.45, 2.75) is 63.8 Å². The molecule has 2 aliphatic carbocycles. The van der Waals surface area contributed by atoms with Gasteiger partial charge in [-0.3, -0.25) is 9.58 Å². The molecule has 0 amide bonds. The molecular formula is C23H30F3N5O. The van der Waals surface area contributed by atoms with Crippen LogP contribution in [0.15, 0.2) is 18.3 Å². The number of aromatic nitrogens is 3. The van der Waals surface area contributed by atoms with Crippen LogP contribution in [0.1, 0.15) is 56.8 Å². The largest absolute Gasteiger partial charge is 0.419 e. The molecule has 0 spiro atoms. The molecule has 174 valence electrons. The zero-order chi connectivity index (χ0) is 22.8. The summed E-state index contributed by atoms with van der Waals surface area (Å²) in [5.41, 5.74) is 6.55. The molecule has 2 saturated carbocycles. The number of ether oxygens (including phenoxy) is 1. The van der Waals surface area contributed by atoms with Crippen LogP contribution in [0.5, 0.6) is 0 Å². The summed E-state index contributed by atoms with van der Waals surface area (Å²) in [6, 6.07) is 4.20. The van der Waals surface area contributed by atoms with Crippen LogP contribution >= 0.6 is 0 Å². The minimum atomic E-state index is -4.55. The fourth-order valence-electron chi connectivity index (χ4n) is 5.86. The molecule has 9 heteroatoms. The third kappa shape index (κ3) is 3.69. The number of anilines is 1. The lowest BCUT2D eigenvalue weighted by atomic mass is 10.0. The summed E-state index contributed by atoms with van der Waals surface area (Å²) in [5, 5.41) is 4.68. The zero-order valence-electron chi connectivity index (χ0n) is 18.6. The van der Waals surface area contributed by atoms with Gasteiger partial charge in [-0.05, 0) is 57.6 Å². The summed E-state index contributed by atoms with van der Waals surface area (Å²) in [7, 11) is 0.